The Morgan fingerprint density at radius 3 is 2.68 bits per heavy atom. The maximum Gasteiger partial charge on any atom is 0.0682 e. The first-order chi connectivity index (χ1) is 9.19. The van der Waals surface area contributed by atoms with E-state index in [0.29, 0.717) is 12.5 Å². The Labute approximate surface area is 114 Å². The molecule has 0 aliphatic carbocycles. The maximum absolute atomic E-state index is 9.10. The molecule has 2 aromatic rings. The molecule has 0 radical (unpaired) electrons. The summed E-state index contributed by atoms with van der Waals surface area (Å²) in [6.45, 7) is 5.04. The number of hydrogen-bond donors (Lipinski definition) is 2. The summed E-state index contributed by atoms with van der Waals surface area (Å²) >= 11 is 0. The second-order valence-electron chi connectivity index (χ2n) is 4.92. The third kappa shape index (κ3) is 3.80. The maximum atomic E-state index is 9.10. The van der Waals surface area contributed by atoms with Crippen molar-refractivity contribution < 1.29 is 5.11 Å². The Kier molecular flexibility index (Phi) is 4.53. The lowest BCUT2D eigenvalue weighted by atomic mass is 10.1. The summed E-state index contributed by atoms with van der Waals surface area (Å²) in [5, 5.41) is 12.4. The van der Waals surface area contributed by atoms with E-state index in [1.54, 1.807) is 0 Å². The number of benzene rings is 1. The molecule has 0 atom stereocenters. The van der Waals surface area contributed by atoms with Crippen molar-refractivity contribution in [3.63, 3.8) is 0 Å². The lowest BCUT2D eigenvalue weighted by Gasteiger charge is -2.10. The van der Waals surface area contributed by atoms with Crippen molar-refractivity contribution in [2.75, 3.05) is 5.32 Å². The Balaban J connectivity index is 2.03. The van der Waals surface area contributed by atoms with Gasteiger partial charge in [0.05, 0.1) is 18.8 Å². The van der Waals surface area contributed by atoms with Gasteiger partial charge >= 0.3 is 0 Å². The molecule has 3 heteroatoms. The predicted octanol–water partition coefficient (Wildman–Crippen LogP) is 3.31. The third-order valence-electron chi connectivity index (χ3n) is 3.00. The Morgan fingerprint density at radius 1 is 1.16 bits per heavy atom. The summed E-state index contributed by atoms with van der Waals surface area (Å²) in [6, 6.07) is 13.9. The molecule has 1 aromatic heterocycles. The lowest BCUT2D eigenvalue weighted by Crippen LogP contribution is -2.04. The highest BCUT2D eigenvalue weighted by Crippen LogP contribution is 2.14. The highest BCUT2D eigenvalue weighted by molar-refractivity contribution is 5.45. The van der Waals surface area contributed by atoms with Crippen molar-refractivity contribution in [1.29, 1.82) is 0 Å². The number of rotatable bonds is 5. The van der Waals surface area contributed by atoms with E-state index in [1.807, 2.05) is 36.4 Å². The molecule has 19 heavy (non-hydrogen) atoms. The molecule has 0 fully saturated rings. The van der Waals surface area contributed by atoms with E-state index in [2.05, 4.69) is 30.2 Å². The largest absolute Gasteiger partial charge is 0.392 e. The van der Waals surface area contributed by atoms with Crippen molar-refractivity contribution in [1.82, 2.24) is 4.98 Å². The van der Waals surface area contributed by atoms with Gasteiger partial charge in [0.1, 0.15) is 0 Å². The molecule has 0 saturated heterocycles. The van der Waals surface area contributed by atoms with Gasteiger partial charge in [-0.25, -0.2) is 0 Å². The van der Waals surface area contributed by atoms with Crippen LogP contribution in [0.3, 0.4) is 0 Å². The van der Waals surface area contributed by atoms with E-state index in [9.17, 15) is 0 Å². The third-order valence-corrected chi connectivity index (χ3v) is 3.00. The molecule has 2 N–H and O–H groups in total. The molecule has 0 unspecified atom stereocenters. The van der Waals surface area contributed by atoms with Gasteiger partial charge in [-0.1, -0.05) is 32.0 Å². The van der Waals surface area contributed by atoms with Crippen molar-refractivity contribution >= 4 is 5.69 Å². The minimum Gasteiger partial charge on any atom is -0.392 e. The number of anilines is 1. The van der Waals surface area contributed by atoms with Crippen LogP contribution in [0.2, 0.25) is 0 Å². The fourth-order valence-electron chi connectivity index (χ4n) is 1.89. The molecule has 100 valence electrons. The lowest BCUT2D eigenvalue weighted by molar-refractivity contribution is 0.282. The van der Waals surface area contributed by atoms with Gasteiger partial charge in [-0.05, 0) is 35.7 Å². The minimum atomic E-state index is 0.0661. The summed E-state index contributed by atoms with van der Waals surface area (Å²) in [5.41, 5.74) is 4.06. The standard InChI is InChI=1S/C16H20N2O/c1-12(2)16-8-4-7-15(18-16)10-17-14-6-3-5-13(9-14)11-19/h3-9,12,17,19H,10-11H2,1-2H3. The van der Waals surface area contributed by atoms with Crippen LogP contribution in [0, 0.1) is 0 Å². The van der Waals surface area contributed by atoms with Gasteiger partial charge in [0.25, 0.3) is 0 Å². The number of aromatic nitrogens is 1. The van der Waals surface area contributed by atoms with Crippen LogP contribution in [-0.2, 0) is 13.2 Å². The fraction of sp³-hybridized carbons (Fsp3) is 0.312. The van der Waals surface area contributed by atoms with Crippen LogP contribution < -0.4 is 5.32 Å². The number of hydrogen-bond acceptors (Lipinski definition) is 3. The SMILES string of the molecule is CC(C)c1cccc(CNc2cccc(CO)c2)n1. The van der Waals surface area contributed by atoms with Crippen molar-refractivity contribution in [3.8, 4) is 0 Å². The number of aliphatic hydroxyl groups excluding tert-OH is 1. The Hall–Kier alpha value is -1.87. The second kappa shape index (κ2) is 6.34. The fourth-order valence-corrected chi connectivity index (χ4v) is 1.89. The topological polar surface area (TPSA) is 45.1 Å². The first kappa shape index (κ1) is 13.6. The van der Waals surface area contributed by atoms with E-state index in [1.165, 1.54) is 0 Å². The number of pyridine rings is 1. The molecule has 3 nitrogen and oxygen atoms in total. The highest BCUT2D eigenvalue weighted by atomic mass is 16.3. The number of aliphatic hydroxyl groups is 1. The van der Waals surface area contributed by atoms with Gasteiger partial charge in [-0.2, -0.15) is 0 Å². The normalized spacial score (nSPS) is 10.7. The van der Waals surface area contributed by atoms with E-state index < -0.39 is 0 Å². The first-order valence-corrected chi connectivity index (χ1v) is 6.58. The average molecular weight is 256 g/mol. The summed E-state index contributed by atoms with van der Waals surface area (Å²) < 4.78 is 0. The van der Waals surface area contributed by atoms with Gasteiger partial charge < -0.3 is 10.4 Å². The van der Waals surface area contributed by atoms with Crippen LogP contribution in [0.5, 0.6) is 0 Å². The van der Waals surface area contributed by atoms with Crippen molar-refractivity contribution in [2.24, 2.45) is 0 Å². The van der Waals surface area contributed by atoms with Crippen LogP contribution >= 0.6 is 0 Å². The van der Waals surface area contributed by atoms with E-state index in [0.717, 1.165) is 22.6 Å². The molecule has 0 aliphatic heterocycles. The zero-order chi connectivity index (χ0) is 13.7. The Bertz CT molecular complexity index is 538. The predicted molar refractivity (Wildman–Crippen MR) is 78.0 cm³/mol. The van der Waals surface area contributed by atoms with Crippen molar-refractivity contribution in [3.05, 3.63) is 59.4 Å². The van der Waals surface area contributed by atoms with Crippen molar-refractivity contribution in [2.45, 2.75) is 32.9 Å². The van der Waals surface area contributed by atoms with Gasteiger partial charge in [0.15, 0.2) is 0 Å². The van der Waals surface area contributed by atoms with Crippen LogP contribution in [0.4, 0.5) is 5.69 Å². The average Bonchev–Trinajstić information content (AvgIpc) is 2.45. The molecule has 1 aromatic carbocycles. The number of nitrogens with one attached hydrogen (secondary N) is 1. The van der Waals surface area contributed by atoms with Gasteiger partial charge in [-0.15, -0.1) is 0 Å². The summed E-state index contributed by atoms with van der Waals surface area (Å²) in [6.07, 6.45) is 0. The monoisotopic (exact) mass is 256 g/mol. The van der Waals surface area contributed by atoms with Crippen LogP contribution in [0.25, 0.3) is 0 Å². The van der Waals surface area contributed by atoms with Gasteiger partial charge in [-0.3, -0.25) is 4.98 Å². The minimum absolute atomic E-state index is 0.0661. The Morgan fingerprint density at radius 2 is 1.95 bits per heavy atom. The highest BCUT2D eigenvalue weighted by Gasteiger charge is 2.02. The van der Waals surface area contributed by atoms with Crippen LogP contribution in [-0.4, -0.2) is 10.1 Å². The smallest absolute Gasteiger partial charge is 0.0682 e. The summed E-state index contributed by atoms with van der Waals surface area (Å²) in [7, 11) is 0. The van der Waals surface area contributed by atoms with Crippen LogP contribution in [0.1, 0.15) is 36.7 Å². The van der Waals surface area contributed by atoms with Gasteiger partial charge in [0.2, 0.25) is 0 Å². The van der Waals surface area contributed by atoms with Crippen LogP contribution in [0.15, 0.2) is 42.5 Å². The molecule has 2 rings (SSSR count). The second-order valence-corrected chi connectivity index (χ2v) is 4.92. The van der Waals surface area contributed by atoms with E-state index >= 15 is 0 Å². The molecule has 0 spiro atoms. The molecule has 0 amide bonds. The first-order valence-electron chi connectivity index (χ1n) is 6.58. The summed E-state index contributed by atoms with van der Waals surface area (Å²) in [5.74, 6) is 0.442. The van der Waals surface area contributed by atoms with E-state index in [4.69, 9.17) is 5.11 Å². The molecule has 0 aliphatic rings. The zero-order valence-corrected chi connectivity index (χ0v) is 11.4. The molecule has 0 bridgehead atoms. The molecule has 1 heterocycles. The molecule has 0 saturated carbocycles. The quantitative estimate of drug-likeness (QED) is 0.862. The van der Waals surface area contributed by atoms with Gasteiger partial charge in [0, 0.05) is 11.4 Å². The summed E-state index contributed by atoms with van der Waals surface area (Å²) in [4.78, 5) is 4.62. The van der Waals surface area contributed by atoms with E-state index in [-0.39, 0.29) is 6.61 Å². The number of nitrogens with zero attached hydrogens (tertiary/aromatic N) is 1. The molecular formula is C16H20N2O. The molecular weight excluding hydrogens is 236 g/mol. The zero-order valence-electron chi connectivity index (χ0n) is 11.4.